The molecule has 0 aliphatic rings. The van der Waals surface area contributed by atoms with Gasteiger partial charge in [-0.15, -0.1) is 0 Å². The molecule has 0 fully saturated rings. The lowest BCUT2D eigenvalue weighted by molar-refractivity contribution is 0.413. The van der Waals surface area contributed by atoms with Gasteiger partial charge in [-0.3, -0.25) is 4.39 Å². The van der Waals surface area contributed by atoms with E-state index in [1.807, 2.05) is 0 Å². The lowest BCUT2D eigenvalue weighted by Crippen LogP contribution is -1.85. The van der Waals surface area contributed by atoms with Crippen LogP contribution in [-0.2, 0) is 6.42 Å². The fourth-order valence-electron chi connectivity index (χ4n) is 0.655. The smallest absolute Gasteiger partial charge is 0.127 e. The van der Waals surface area contributed by atoms with Gasteiger partial charge >= 0.3 is 0 Å². The lowest BCUT2D eigenvalue weighted by atomic mass is 10.2. The van der Waals surface area contributed by atoms with Crippen LogP contribution in [0.4, 0.5) is 4.39 Å². The van der Waals surface area contributed by atoms with Crippen molar-refractivity contribution in [1.29, 1.82) is 0 Å². The van der Waals surface area contributed by atoms with Gasteiger partial charge in [-0.25, -0.2) is 0 Å². The summed E-state index contributed by atoms with van der Waals surface area (Å²) in [4.78, 5) is 0. The van der Waals surface area contributed by atoms with E-state index in [2.05, 4.69) is 9.68 Å². The third-order valence-corrected chi connectivity index (χ3v) is 1.21. The molecule has 0 N–H and O–H groups in total. The third-order valence-electron chi connectivity index (χ3n) is 1.21. The van der Waals surface area contributed by atoms with Crippen LogP contribution >= 0.6 is 0 Å². The Hall–Kier alpha value is -0.860. The second-order valence-electron chi connectivity index (χ2n) is 1.86. The van der Waals surface area contributed by atoms with E-state index in [1.54, 1.807) is 6.92 Å². The Kier molecular flexibility index (Phi) is 1.82. The van der Waals surface area contributed by atoms with E-state index in [0.717, 1.165) is 11.3 Å². The molecule has 0 unspecified atom stereocenters. The molecule has 0 aliphatic carbocycles. The number of aryl methyl sites for hydroxylation is 2. The second kappa shape index (κ2) is 2.62. The number of rotatable bonds is 2. The lowest BCUT2D eigenvalue weighted by Gasteiger charge is -1.86. The van der Waals surface area contributed by atoms with Gasteiger partial charge in [-0.2, -0.15) is 0 Å². The highest BCUT2D eigenvalue weighted by molar-refractivity contribution is 5.12. The summed E-state index contributed by atoms with van der Waals surface area (Å²) in [6.07, 6.45) is 1.89. The maximum atomic E-state index is 11.7. The molecule has 1 aromatic rings. The summed E-state index contributed by atoms with van der Waals surface area (Å²) in [5.74, 6) is 0. The Morgan fingerprint density at radius 1 is 1.78 bits per heavy atom. The minimum Gasteiger partial charge on any atom is -0.364 e. The number of halogens is 1. The highest BCUT2D eigenvalue weighted by atomic mass is 19.1. The van der Waals surface area contributed by atoms with E-state index in [-0.39, 0.29) is 6.67 Å². The molecule has 0 saturated heterocycles. The van der Waals surface area contributed by atoms with Crippen molar-refractivity contribution in [3.05, 3.63) is 17.5 Å². The summed E-state index contributed by atoms with van der Waals surface area (Å²) in [5.41, 5.74) is 1.64. The van der Waals surface area contributed by atoms with E-state index < -0.39 is 0 Å². The Labute approximate surface area is 52.7 Å². The minimum absolute atomic E-state index is 0.345. The molecule has 9 heavy (non-hydrogen) atoms. The highest BCUT2D eigenvalue weighted by Gasteiger charge is 1.99. The molecule has 0 spiro atoms. The molecule has 0 saturated carbocycles. The monoisotopic (exact) mass is 129 g/mol. The van der Waals surface area contributed by atoms with Crippen LogP contribution in [0, 0.1) is 6.92 Å². The summed E-state index contributed by atoms with van der Waals surface area (Å²) < 4.78 is 16.2. The molecular formula is C6H8FNO. The normalized spacial score (nSPS) is 10.0. The fraction of sp³-hybridized carbons (Fsp3) is 0.500. The number of aromatic nitrogens is 1. The van der Waals surface area contributed by atoms with E-state index in [4.69, 9.17) is 0 Å². The molecule has 0 amide bonds. The number of hydrogen-bond donors (Lipinski definition) is 0. The van der Waals surface area contributed by atoms with Crippen LogP contribution in [0.5, 0.6) is 0 Å². The Balaban J connectivity index is 2.69. The largest absolute Gasteiger partial charge is 0.364 e. The van der Waals surface area contributed by atoms with Crippen molar-refractivity contribution in [1.82, 2.24) is 5.16 Å². The van der Waals surface area contributed by atoms with Gasteiger partial charge < -0.3 is 4.52 Å². The van der Waals surface area contributed by atoms with E-state index >= 15 is 0 Å². The first kappa shape index (κ1) is 6.26. The van der Waals surface area contributed by atoms with E-state index in [9.17, 15) is 4.39 Å². The van der Waals surface area contributed by atoms with Crippen LogP contribution in [0.1, 0.15) is 11.3 Å². The summed E-state index contributed by atoms with van der Waals surface area (Å²) >= 11 is 0. The Morgan fingerprint density at radius 3 is 3.00 bits per heavy atom. The topological polar surface area (TPSA) is 26.0 Å². The summed E-state index contributed by atoms with van der Waals surface area (Å²) in [6, 6.07) is 0. The summed E-state index contributed by atoms with van der Waals surface area (Å²) in [7, 11) is 0. The van der Waals surface area contributed by atoms with Crippen LogP contribution in [0.15, 0.2) is 10.8 Å². The third kappa shape index (κ3) is 1.28. The Morgan fingerprint density at radius 2 is 2.56 bits per heavy atom. The maximum Gasteiger partial charge on any atom is 0.127 e. The Bertz CT molecular complexity index is 185. The minimum atomic E-state index is -0.345. The predicted octanol–water partition coefficient (Wildman–Crippen LogP) is 1.50. The van der Waals surface area contributed by atoms with Crippen LogP contribution in [-0.4, -0.2) is 11.8 Å². The van der Waals surface area contributed by atoms with Crippen molar-refractivity contribution in [3.63, 3.8) is 0 Å². The van der Waals surface area contributed by atoms with Crippen LogP contribution in [0.3, 0.4) is 0 Å². The molecular weight excluding hydrogens is 121 g/mol. The van der Waals surface area contributed by atoms with E-state index in [0.29, 0.717) is 6.42 Å². The quantitative estimate of drug-likeness (QED) is 0.604. The fourth-order valence-corrected chi connectivity index (χ4v) is 0.655. The van der Waals surface area contributed by atoms with Gasteiger partial charge in [-0.05, 0) is 6.92 Å². The van der Waals surface area contributed by atoms with Crippen molar-refractivity contribution in [3.8, 4) is 0 Å². The van der Waals surface area contributed by atoms with Crippen LogP contribution in [0.25, 0.3) is 0 Å². The average Bonchev–Trinajstić information content (AvgIpc) is 2.18. The number of hydrogen-bond acceptors (Lipinski definition) is 2. The zero-order valence-electron chi connectivity index (χ0n) is 5.22. The summed E-state index contributed by atoms with van der Waals surface area (Å²) in [6.45, 7) is 1.45. The summed E-state index contributed by atoms with van der Waals surface area (Å²) in [5, 5.41) is 3.59. The maximum absolute atomic E-state index is 11.7. The van der Waals surface area contributed by atoms with Crippen LogP contribution in [0.2, 0.25) is 0 Å². The first-order valence-corrected chi connectivity index (χ1v) is 2.80. The number of alkyl halides is 1. The highest BCUT2D eigenvalue weighted by Crippen LogP contribution is 2.04. The molecule has 50 valence electrons. The van der Waals surface area contributed by atoms with E-state index in [1.165, 1.54) is 6.26 Å². The molecule has 0 bridgehead atoms. The molecule has 2 nitrogen and oxygen atoms in total. The number of nitrogens with zero attached hydrogens (tertiary/aromatic N) is 1. The molecule has 0 atom stereocenters. The molecule has 0 aliphatic heterocycles. The predicted molar refractivity (Wildman–Crippen MR) is 30.9 cm³/mol. The van der Waals surface area contributed by atoms with Crippen LogP contribution < -0.4 is 0 Å². The molecule has 0 aromatic carbocycles. The molecule has 3 heteroatoms. The van der Waals surface area contributed by atoms with Crippen molar-refractivity contribution >= 4 is 0 Å². The van der Waals surface area contributed by atoms with Gasteiger partial charge in [0, 0.05) is 12.0 Å². The van der Waals surface area contributed by atoms with Gasteiger partial charge in [0.2, 0.25) is 0 Å². The van der Waals surface area contributed by atoms with Gasteiger partial charge in [0.15, 0.2) is 0 Å². The zero-order valence-corrected chi connectivity index (χ0v) is 5.22. The molecule has 1 rings (SSSR count). The second-order valence-corrected chi connectivity index (χ2v) is 1.86. The SMILES string of the molecule is Cc1nocc1CCF. The molecule has 0 radical (unpaired) electrons. The average molecular weight is 129 g/mol. The first-order valence-electron chi connectivity index (χ1n) is 2.80. The van der Waals surface area contributed by atoms with Crippen molar-refractivity contribution in [2.75, 3.05) is 6.67 Å². The molecule has 1 aromatic heterocycles. The van der Waals surface area contributed by atoms with Crippen molar-refractivity contribution in [2.45, 2.75) is 13.3 Å². The standard InChI is InChI=1S/C6H8FNO/c1-5-6(2-3-7)4-9-8-5/h4H,2-3H2,1H3. The molecule has 1 heterocycles. The van der Waals surface area contributed by atoms with Gasteiger partial charge in [0.05, 0.1) is 12.4 Å². The first-order chi connectivity index (χ1) is 4.34. The van der Waals surface area contributed by atoms with Gasteiger partial charge in [0.25, 0.3) is 0 Å². The van der Waals surface area contributed by atoms with Gasteiger partial charge in [0.1, 0.15) is 6.26 Å². The van der Waals surface area contributed by atoms with Crippen molar-refractivity contribution < 1.29 is 8.91 Å². The zero-order chi connectivity index (χ0) is 6.69. The van der Waals surface area contributed by atoms with Crippen molar-refractivity contribution in [2.24, 2.45) is 0 Å². The van der Waals surface area contributed by atoms with Gasteiger partial charge in [-0.1, -0.05) is 5.16 Å².